The molecule has 0 aliphatic rings. The van der Waals surface area contributed by atoms with E-state index in [4.69, 9.17) is 0 Å². The first-order valence-corrected chi connectivity index (χ1v) is 6.32. The van der Waals surface area contributed by atoms with Crippen molar-refractivity contribution in [2.75, 3.05) is 44.4 Å². The number of pyridine rings is 1. The molecule has 0 atom stereocenters. The van der Waals surface area contributed by atoms with Crippen LogP contribution in [0.3, 0.4) is 0 Å². The number of anilines is 2. The van der Waals surface area contributed by atoms with Gasteiger partial charge in [-0.25, -0.2) is 4.98 Å². The predicted molar refractivity (Wildman–Crippen MR) is 76.7 cm³/mol. The zero-order valence-electron chi connectivity index (χ0n) is 11.6. The lowest BCUT2D eigenvalue weighted by atomic mass is 10.3. The van der Waals surface area contributed by atoms with Gasteiger partial charge in [0, 0.05) is 13.1 Å². The van der Waals surface area contributed by atoms with E-state index in [0.29, 0.717) is 18.2 Å². The molecule has 2 N–H and O–H groups in total. The molecule has 0 aromatic carbocycles. The standard InChI is InChI=1S/C12H21N5O2/c1-4-13-11-8-10(17(18)19)9-12(15-11)14-6-5-7-16(2)3/h8-9H,4-7H2,1-3H3,(H2,13,14,15). The summed E-state index contributed by atoms with van der Waals surface area (Å²) in [5, 5.41) is 16.9. The topological polar surface area (TPSA) is 83.3 Å². The highest BCUT2D eigenvalue weighted by Gasteiger charge is 2.10. The third kappa shape index (κ3) is 5.52. The molecule has 0 fully saturated rings. The molecule has 0 radical (unpaired) electrons. The molecule has 1 aromatic heterocycles. The van der Waals surface area contributed by atoms with E-state index < -0.39 is 4.92 Å². The lowest BCUT2D eigenvalue weighted by Gasteiger charge is -2.11. The van der Waals surface area contributed by atoms with Gasteiger partial charge in [-0.2, -0.15) is 0 Å². The van der Waals surface area contributed by atoms with Crippen molar-refractivity contribution in [3.05, 3.63) is 22.2 Å². The highest BCUT2D eigenvalue weighted by atomic mass is 16.6. The molecule has 7 heteroatoms. The van der Waals surface area contributed by atoms with Crippen LogP contribution in [0.5, 0.6) is 0 Å². The van der Waals surface area contributed by atoms with Gasteiger partial charge in [0.1, 0.15) is 11.6 Å². The van der Waals surface area contributed by atoms with Gasteiger partial charge in [0.15, 0.2) is 0 Å². The van der Waals surface area contributed by atoms with Crippen LogP contribution >= 0.6 is 0 Å². The van der Waals surface area contributed by atoms with E-state index >= 15 is 0 Å². The van der Waals surface area contributed by atoms with Gasteiger partial charge >= 0.3 is 0 Å². The van der Waals surface area contributed by atoms with E-state index in [0.717, 1.165) is 19.5 Å². The summed E-state index contributed by atoms with van der Waals surface area (Å²) in [6.07, 6.45) is 0.952. The van der Waals surface area contributed by atoms with Crippen LogP contribution in [0.15, 0.2) is 12.1 Å². The van der Waals surface area contributed by atoms with E-state index in [1.165, 1.54) is 12.1 Å². The van der Waals surface area contributed by atoms with Gasteiger partial charge in [0.25, 0.3) is 5.69 Å². The highest BCUT2D eigenvalue weighted by molar-refractivity contribution is 5.54. The van der Waals surface area contributed by atoms with Crippen molar-refractivity contribution in [3.63, 3.8) is 0 Å². The van der Waals surface area contributed by atoms with Crippen LogP contribution in [-0.4, -0.2) is 48.5 Å². The van der Waals surface area contributed by atoms with Gasteiger partial charge in [-0.1, -0.05) is 0 Å². The van der Waals surface area contributed by atoms with Crippen LogP contribution < -0.4 is 10.6 Å². The van der Waals surface area contributed by atoms with Gasteiger partial charge in [0.05, 0.1) is 17.1 Å². The molecule has 7 nitrogen and oxygen atoms in total. The molecule has 0 saturated heterocycles. The van der Waals surface area contributed by atoms with E-state index in [1.807, 2.05) is 21.0 Å². The number of hydrogen-bond acceptors (Lipinski definition) is 6. The summed E-state index contributed by atoms with van der Waals surface area (Å²) < 4.78 is 0. The third-order valence-corrected chi connectivity index (χ3v) is 2.47. The number of hydrogen-bond donors (Lipinski definition) is 2. The fourth-order valence-electron chi connectivity index (χ4n) is 1.60. The van der Waals surface area contributed by atoms with Crippen molar-refractivity contribution >= 4 is 17.3 Å². The van der Waals surface area contributed by atoms with Crippen LogP contribution in [0.25, 0.3) is 0 Å². The Kier molecular flexibility index (Phi) is 6.01. The molecule has 0 aliphatic carbocycles. The van der Waals surface area contributed by atoms with Crippen LogP contribution in [0.1, 0.15) is 13.3 Å². The van der Waals surface area contributed by atoms with Crippen molar-refractivity contribution in [3.8, 4) is 0 Å². The van der Waals surface area contributed by atoms with Crippen molar-refractivity contribution < 1.29 is 4.92 Å². The SMILES string of the molecule is CCNc1cc([N+](=O)[O-])cc(NCCCN(C)C)n1. The Morgan fingerprint density at radius 3 is 2.47 bits per heavy atom. The van der Waals surface area contributed by atoms with Crippen molar-refractivity contribution in [1.29, 1.82) is 0 Å². The fraction of sp³-hybridized carbons (Fsp3) is 0.583. The first-order valence-electron chi connectivity index (χ1n) is 6.32. The summed E-state index contributed by atoms with van der Waals surface area (Å²) in [5.41, 5.74) is 0.0426. The van der Waals surface area contributed by atoms with Gasteiger partial charge in [-0.05, 0) is 34.0 Å². The summed E-state index contributed by atoms with van der Waals surface area (Å²) in [7, 11) is 4.02. The van der Waals surface area contributed by atoms with Crippen LogP contribution in [-0.2, 0) is 0 Å². The molecule has 0 saturated carbocycles. The van der Waals surface area contributed by atoms with Gasteiger partial charge in [-0.3, -0.25) is 10.1 Å². The van der Waals surface area contributed by atoms with Gasteiger partial charge in [-0.15, -0.1) is 0 Å². The quantitative estimate of drug-likeness (QED) is 0.424. The molecule has 0 unspecified atom stereocenters. The second-order valence-electron chi connectivity index (χ2n) is 4.47. The lowest BCUT2D eigenvalue weighted by Crippen LogP contribution is -2.16. The maximum atomic E-state index is 10.8. The van der Waals surface area contributed by atoms with Gasteiger partial charge in [0.2, 0.25) is 0 Å². The van der Waals surface area contributed by atoms with Crippen molar-refractivity contribution in [1.82, 2.24) is 9.88 Å². The smallest absolute Gasteiger partial charge is 0.276 e. The second-order valence-corrected chi connectivity index (χ2v) is 4.47. The van der Waals surface area contributed by atoms with Crippen LogP contribution in [0.4, 0.5) is 17.3 Å². The molecule has 0 spiro atoms. The largest absolute Gasteiger partial charge is 0.370 e. The lowest BCUT2D eigenvalue weighted by molar-refractivity contribution is -0.384. The predicted octanol–water partition coefficient (Wildman–Crippen LogP) is 1.79. The Morgan fingerprint density at radius 1 is 1.32 bits per heavy atom. The molecule has 19 heavy (non-hydrogen) atoms. The first-order chi connectivity index (χ1) is 9.02. The average molecular weight is 267 g/mol. The molecular formula is C12H21N5O2. The maximum absolute atomic E-state index is 10.8. The first kappa shape index (κ1) is 15.2. The third-order valence-electron chi connectivity index (χ3n) is 2.47. The Morgan fingerprint density at radius 2 is 1.95 bits per heavy atom. The molecule has 1 rings (SSSR count). The number of nitrogens with one attached hydrogen (secondary N) is 2. The Hall–Kier alpha value is -1.89. The Balaban J connectivity index is 2.67. The molecular weight excluding hydrogens is 246 g/mol. The van der Waals surface area contributed by atoms with E-state index in [1.54, 1.807) is 0 Å². The maximum Gasteiger partial charge on any atom is 0.276 e. The second kappa shape index (κ2) is 7.52. The molecule has 0 amide bonds. The normalized spacial score (nSPS) is 10.5. The van der Waals surface area contributed by atoms with Crippen LogP contribution in [0, 0.1) is 10.1 Å². The van der Waals surface area contributed by atoms with E-state index in [2.05, 4.69) is 20.5 Å². The zero-order chi connectivity index (χ0) is 14.3. The highest BCUT2D eigenvalue weighted by Crippen LogP contribution is 2.20. The van der Waals surface area contributed by atoms with Gasteiger partial charge < -0.3 is 15.5 Å². The number of aromatic nitrogens is 1. The summed E-state index contributed by atoms with van der Waals surface area (Å²) in [4.78, 5) is 16.8. The summed E-state index contributed by atoms with van der Waals surface area (Å²) >= 11 is 0. The van der Waals surface area contributed by atoms with Crippen molar-refractivity contribution in [2.24, 2.45) is 0 Å². The van der Waals surface area contributed by atoms with E-state index in [-0.39, 0.29) is 5.69 Å². The summed E-state index contributed by atoms with van der Waals surface area (Å²) in [6.45, 7) is 4.29. The molecule has 0 aliphatic heterocycles. The van der Waals surface area contributed by atoms with Crippen LogP contribution in [0.2, 0.25) is 0 Å². The summed E-state index contributed by atoms with van der Waals surface area (Å²) in [5.74, 6) is 1.05. The van der Waals surface area contributed by atoms with Crippen molar-refractivity contribution in [2.45, 2.75) is 13.3 Å². The Labute approximate surface area is 113 Å². The monoisotopic (exact) mass is 267 g/mol. The minimum atomic E-state index is -0.409. The molecule has 1 heterocycles. The fourth-order valence-corrected chi connectivity index (χ4v) is 1.60. The number of nitrogens with zero attached hydrogens (tertiary/aromatic N) is 3. The van der Waals surface area contributed by atoms with E-state index in [9.17, 15) is 10.1 Å². The number of nitro groups is 1. The molecule has 0 bridgehead atoms. The average Bonchev–Trinajstić information content (AvgIpc) is 2.34. The minimum absolute atomic E-state index is 0.0426. The molecule has 106 valence electrons. The molecule has 1 aromatic rings. The zero-order valence-corrected chi connectivity index (χ0v) is 11.6. The minimum Gasteiger partial charge on any atom is -0.370 e. The number of rotatable bonds is 8. The Bertz CT molecular complexity index is 423. The summed E-state index contributed by atoms with van der Waals surface area (Å²) in [6, 6.07) is 2.89.